The topological polar surface area (TPSA) is 116 Å². The predicted octanol–water partition coefficient (Wildman–Crippen LogP) is 0.940. The van der Waals surface area contributed by atoms with E-state index in [1.165, 1.54) is 19.6 Å². The van der Waals surface area contributed by atoms with E-state index < -0.39 is 23.8 Å². The van der Waals surface area contributed by atoms with E-state index in [9.17, 15) is 14.4 Å². The normalized spacial score (nSPS) is 11.4. The highest BCUT2D eigenvalue weighted by Gasteiger charge is 2.35. The molecule has 8 heteroatoms. The maximum absolute atomic E-state index is 12.7. The Morgan fingerprint density at radius 2 is 1.44 bits per heavy atom. The number of hydrogen-bond donors (Lipinski definition) is 3. The number of amides is 3. The minimum atomic E-state index is -1.59. The summed E-state index contributed by atoms with van der Waals surface area (Å²) >= 11 is 0. The third-order valence-electron chi connectivity index (χ3n) is 4.16. The number of nitrogens with zero attached hydrogens (tertiary/aromatic N) is 2. The van der Waals surface area contributed by atoms with Gasteiger partial charge in [0.1, 0.15) is 0 Å². The summed E-state index contributed by atoms with van der Waals surface area (Å²) in [5.41, 5.74) is 4.76. The first-order valence-corrected chi connectivity index (χ1v) is 8.16. The van der Waals surface area contributed by atoms with E-state index in [0.29, 0.717) is 5.01 Å². The summed E-state index contributed by atoms with van der Waals surface area (Å²) in [6.45, 7) is 2.00. The lowest BCUT2D eigenvalue weighted by Gasteiger charge is -2.27. The molecule has 8 nitrogen and oxygen atoms in total. The molecule has 0 saturated carbocycles. The largest absolute Gasteiger partial charge is 0.321 e. The SMILES string of the molecule is Cc1ccc(-c2ccc(C(=O)N(C)C(C(=O)NO)C(=O)N(C)N)cc2)cc1. The number of hydrogen-bond acceptors (Lipinski definition) is 5. The maximum atomic E-state index is 12.7. The number of nitrogens with one attached hydrogen (secondary N) is 1. The molecule has 0 aliphatic heterocycles. The van der Waals surface area contributed by atoms with Crippen LogP contribution in [0.15, 0.2) is 48.5 Å². The van der Waals surface area contributed by atoms with Crippen LogP contribution in [0.1, 0.15) is 15.9 Å². The van der Waals surface area contributed by atoms with Crippen LogP contribution < -0.4 is 11.3 Å². The second-order valence-corrected chi connectivity index (χ2v) is 6.19. The van der Waals surface area contributed by atoms with Crippen molar-refractivity contribution < 1.29 is 19.6 Å². The van der Waals surface area contributed by atoms with Gasteiger partial charge in [0.2, 0.25) is 0 Å². The van der Waals surface area contributed by atoms with Gasteiger partial charge in [-0.1, -0.05) is 42.0 Å². The Hall–Kier alpha value is -3.23. The van der Waals surface area contributed by atoms with Crippen LogP contribution in [0.25, 0.3) is 11.1 Å². The van der Waals surface area contributed by atoms with Crippen LogP contribution in [0.2, 0.25) is 0 Å². The molecule has 2 rings (SSSR count). The first-order chi connectivity index (χ1) is 12.8. The number of hydrazine groups is 1. The minimum Gasteiger partial charge on any atom is -0.321 e. The zero-order valence-corrected chi connectivity index (χ0v) is 15.3. The Morgan fingerprint density at radius 1 is 0.963 bits per heavy atom. The Bertz CT molecular complexity index is 832. The summed E-state index contributed by atoms with van der Waals surface area (Å²) in [6.07, 6.45) is 0. The van der Waals surface area contributed by atoms with Crippen LogP contribution in [-0.2, 0) is 9.59 Å². The van der Waals surface area contributed by atoms with Crippen molar-refractivity contribution in [3.63, 3.8) is 0 Å². The molecule has 0 spiro atoms. The van der Waals surface area contributed by atoms with Gasteiger partial charge in [-0.2, -0.15) is 0 Å². The van der Waals surface area contributed by atoms with Crippen molar-refractivity contribution in [3.8, 4) is 11.1 Å². The maximum Gasteiger partial charge on any atom is 0.275 e. The van der Waals surface area contributed by atoms with Gasteiger partial charge in [0.05, 0.1) is 0 Å². The molecule has 0 aliphatic carbocycles. The summed E-state index contributed by atoms with van der Waals surface area (Å²) in [4.78, 5) is 37.6. The number of nitrogens with two attached hydrogens (primary N) is 1. The summed E-state index contributed by atoms with van der Waals surface area (Å²) in [5, 5.41) is 9.55. The quantitative estimate of drug-likeness (QED) is 0.238. The molecule has 2 aromatic rings. The lowest BCUT2D eigenvalue weighted by Crippen LogP contribution is -2.57. The first kappa shape index (κ1) is 20.1. The molecule has 27 heavy (non-hydrogen) atoms. The molecule has 2 aromatic carbocycles. The number of carbonyl (C=O) groups is 3. The molecule has 0 bridgehead atoms. The molecule has 1 atom stereocenters. The van der Waals surface area contributed by atoms with E-state index in [0.717, 1.165) is 21.6 Å². The fraction of sp³-hybridized carbons (Fsp3) is 0.211. The van der Waals surface area contributed by atoms with Gasteiger partial charge in [-0.15, -0.1) is 0 Å². The van der Waals surface area contributed by atoms with Crippen molar-refractivity contribution in [3.05, 3.63) is 59.7 Å². The van der Waals surface area contributed by atoms with E-state index in [1.54, 1.807) is 24.3 Å². The summed E-state index contributed by atoms with van der Waals surface area (Å²) in [7, 11) is 2.53. The van der Waals surface area contributed by atoms with Crippen molar-refractivity contribution in [1.82, 2.24) is 15.4 Å². The van der Waals surface area contributed by atoms with Gasteiger partial charge in [-0.05, 0) is 30.2 Å². The van der Waals surface area contributed by atoms with Crippen LogP contribution in [0.5, 0.6) is 0 Å². The van der Waals surface area contributed by atoms with Gasteiger partial charge >= 0.3 is 0 Å². The number of benzene rings is 2. The zero-order chi connectivity index (χ0) is 20.1. The molecular weight excluding hydrogens is 348 g/mol. The summed E-state index contributed by atoms with van der Waals surface area (Å²) in [6, 6.07) is 13.1. The Labute approximate surface area is 157 Å². The Morgan fingerprint density at radius 3 is 1.89 bits per heavy atom. The summed E-state index contributed by atoms with van der Waals surface area (Å²) in [5.74, 6) is 2.93. The van der Waals surface area contributed by atoms with Crippen molar-refractivity contribution in [2.24, 2.45) is 5.84 Å². The average molecular weight is 370 g/mol. The number of aryl methyl sites for hydroxylation is 1. The van der Waals surface area contributed by atoms with Crippen molar-refractivity contribution in [1.29, 1.82) is 0 Å². The number of carbonyl (C=O) groups excluding carboxylic acids is 3. The van der Waals surface area contributed by atoms with Gasteiger partial charge in [-0.25, -0.2) is 11.3 Å². The fourth-order valence-corrected chi connectivity index (χ4v) is 2.58. The third-order valence-corrected chi connectivity index (χ3v) is 4.16. The highest BCUT2D eigenvalue weighted by molar-refractivity contribution is 6.08. The Kier molecular flexibility index (Phi) is 6.27. The van der Waals surface area contributed by atoms with Crippen LogP contribution in [0, 0.1) is 6.92 Å². The molecule has 0 fully saturated rings. The van der Waals surface area contributed by atoms with Gasteiger partial charge in [0.15, 0.2) is 6.04 Å². The second kappa shape index (κ2) is 8.43. The number of likely N-dealkylation sites (N-methyl/N-ethyl adjacent to an activating group) is 2. The number of rotatable bonds is 5. The molecule has 0 aliphatic rings. The highest BCUT2D eigenvalue weighted by Crippen LogP contribution is 2.21. The van der Waals surface area contributed by atoms with E-state index in [4.69, 9.17) is 11.0 Å². The van der Waals surface area contributed by atoms with E-state index in [-0.39, 0.29) is 5.56 Å². The second-order valence-electron chi connectivity index (χ2n) is 6.19. The van der Waals surface area contributed by atoms with Crippen molar-refractivity contribution >= 4 is 17.7 Å². The van der Waals surface area contributed by atoms with Gasteiger partial charge in [0.25, 0.3) is 17.7 Å². The van der Waals surface area contributed by atoms with Crippen LogP contribution >= 0.6 is 0 Å². The first-order valence-electron chi connectivity index (χ1n) is 8.16. The molecule has 1 unspecified atom stereocenters. The van der Waals surface area contributed by atoms with Crippen LogP contribution in [0.4, 0.5) is 0 Å². The van der Waals surface area contributed by atoms with Gasteiger partial charge in [0, 0.05) is 19.7 Å². The van der Waals surface area contributed by atoms with Gasteiger partial charge in [-0.3, -0.25) is 24.6 Å². The molecule has 0 saturated heterocycles. The molecule has 3 amide bonds. The van der Waals surface area contributed by atoms with E-state index in [1.807, 2.05) is 31.2 Å². The smallest absolute Gasteiger partial charge is 0.275 e. The predicted molar refractivity (Wildman–Crippen MR) is 99.4 cm³/mol. The van der Waals surface area contributed by atoms with E-state index >= 15 is 0 Å². The van der Waals surface area contributed by atoms with Crippen molar-refractivity contribution in [2.45, 2.75) is 13.0 Å². The Balaban J connectivity index is 2.25. The van der Waals surface area contributed by atoms with E-state index in [2.05, 4.69) is 0 Å². The fourth-order valence-electron chi connectivity index (χ4n) is 2.58. The van der Waals surface area contributed by atoms with Gasteiger partial charge < -0.3 is 4.90 Å². The minimum absolute atomic E-state index is 0.288. The molecular formula is C19H22N4O4. The van der Waals surface area contributed by atoms with Crippen LogP contribution in [0.3, 0.4) is 0 Å². The number of hydroxylamine groups is 1. The van der Waals surface area contributed by atoms with Crippen molar-refractivity contribution in [2.75, 3.05) is 14.1 Å². The molecule has 4 N–H and O–H groups in total. The summed E-state index contributed by atoms with van der Waals surface area (Å²) < 4.78 is 0. The molecule has 142 valence electrons. The zero-order valence-electron chi connectivity index (χ0n) is 15.3. The highest BCUT2D eigenvalue weighted by atomic mass is 16.5. The lowest BCUT2D eigenvalue weighted by molar-refractivity contribution is -0.145. The molecule has 0 heterocycles. The average Bonchev–Trinajstić information content (AvgIpc) is 2.67. The third kappa shape index (κ3) is 4.49. The standard InChI is InChI=1S/C19H22N4O4/c1-12-4-6-13(7-5-12)14-8-10-15(11-9-14)18(25)22(2)16(17(24)21-27)19(26)23(3)20/h4-11,16,27H,20H2,1-3H3,(H,21,24). The monoisotopic (exact) mass is 370 g/mol. The van der Waals surface area contributed by atoms with Crippen LogP contribution in [-0.4, -0.2) is 53.0 Å². The lowest BCUT2D eigenvalue weighted by atomic mass is 10.0. The molecule has 0 radical (unpaired) electrons. The molecule has 0 aromatic heterocycles.